The lowest BCUT2D eigenvalue weighted by Crippen LogP contribution is -2.51. The lowest BCUT2D eigenvalue weighted by atomic mass is 10.0. The molecule has 3 N–H and O–H groups in total. The minimum atomic E-state index is -0.987. The van der Waals surface area contributed by atoms with Crippen LogP contribution in [0, 0.1) is 27.7 Å². The van der Waals surface area contributed by atoms with E-state index in [-0.39, 0.29) is 23.6 Å². The van der Waals surface area contributed by atoms with E-state index in [1.807, 2.05) is 140 Å². The number of benzene rings is 6. The van der Waals surface area contributed by atoms with E-state index in [0.717, 1.165) is 64.1 Å². The van der Waals surface area contributed by atoms with Crippen LogP contribution in [0.15, 0.2) is 146 Å². The highest BCUT2D eigenvalue weighted by Crippen LogP contribution is 2.38. The third-order valence-electron chi connectivity index (χ3n) is 13.2. The molecule has 0 spiro atoms. The van der Waals surface area contributed by atoms with Crippen LogP contribution in [0.5, 0.6) is 0 Å². The molecule has 77 heavy (non-hydrogen) atoms. The Balaban J connectivity index is 0.000000169. The molecular weight excluding hydrogens is 1100 g/mol. The molecule has 10 rings (SSSR count). The normalized spacial score (nSPS) is 15.2. The van der Waals surface area contributed by atoms with E-state index in [4.69, 9.17) is 84.4 Å². The number of amides is 1. The summed E-state index contributed by atoms with van der Waals surface area (Å²) in [6, 6.07) is 46.5. The van der Waals surface area contributed by atoms with Crippen molar-refractivity contribution in [1.29, 1.82) is 0 Å². The molecule has 2 unspecified atom stereocenters. The van der Waals surface area contributed by atoms with Gasteiger partial charge in [0, 0.05) is 66.3 Å². The number of carboxylic acids is 1. The highest BCUT2D eigenvalue weighted by molar-refractivity contribution is 6.37. The molecule has 1 amide bonds. The number of rotatable bonds is 12. The molecule has 2 saturated heterocycles. The monoisotopic (exact) mass is 1160 g/mol. The molecule has 0 radical (unpaired) electrons. The molecule has 13 nitrogen and oxygen atoms in total. The van der Waals surface area contributed by atoms with Crippen LogP contribution < -0.4 is 29.6 Å². The second-order valence-electron chi connectivity index (χ2n) is 18.4. The Morgan fingerprint density at radius 2 is 1.16 bits per heavy atom. The van der Waals surface area contributed by atoms with Crippen molar-refractivity contribution < 1.29 is 29.2 Å². The fraction of sp³-hybridized carbons (Fsp3) is 0.241. The second kappa shape index (κ2) is 26.3. The summed E-state index contributed by atoms with van der Waals surface area (Å²) in [7, 11) is 0. The number of hydrogen-bond acceptors (Lipinski definition) is 8. The van der Waals surface area contributed by atoms with E-state index in [1.165, 1.54) is 10.4 Å². The highest BCUT2D eigenvalue weighted by Gasteiger charge is 2.36. The number of halogens is 6. The SMILES string of the molecule is Cc1[nH][n+](OCc2ccccc2)c(C)c1C(=O)N1CCN(c2ccc(Cl)cc2Cl)C(c2ccc(Cl)cc2)C1.Cc1nn(OCc2ccccc2)c(C)c1C(=O)O.Clc1ccc(C2CNCCN2c2ccc(Cl)cc2Cl)cc1. The lowest BCUT2D eigenvalue weighted by molar-refractivity contribution is -0.940. The maximum Gasteiger partial charge on any atom is 0.339 e. The van der Waals surface area contributed by atoms with Gasteiger partial charge in [-0.3, -0.25) is 4.79 Å². The van der Waals surface area contributed by atoms with E-state index in [2.05, 4.69) is 37.4 Å². The van der Waals surface area contributed by atoms with Gasteiger partial charge in [0.1, 0.15) is 22.6 Å². The summed E-state index contributed by atoms with van der Waals surface area (Å²) in [4.78, 5) is 45.6. The van der Waals surface area contributed by atoms with E-state index < -0.39 is 5.97 Å². The van der Waals surface area contributed by atoms with Crippen LogP contribution in [0.2, 0.25) is 30.1 Å². The fourth-order valence-electron chi connectivity index (χ4n) is 9.37. The highest BCUT2D eigenvalue weighted by atomic mass is 35.5. The van der Waals surface area contributed by atoms with E-state index in [1.54, 1.807) is 30.8 Å². The summed E-state index contributed by atoms with van der Waals surface area (Å²) in [5.74, 6) is -1.03. The van der Waals surface area contributed by atoms with Crippen LogP contribution in [0.3, 0.4) is 0 Å². The minimum absolute atomic E-state index is 0.0425. The van der Waals surface area contributed by atoms with Crippen molar-refractivity contribution in [2.24, 2.45) is 0 Å². The third kappa shape index (κ3) is 14.2. The first-order valence-electron chi connectivity index (χ1n) is 24.8. The molecule has 2 fully saturated rings. The Labute approximate surface area is 478 Å². The number of anilines is 2. The standard InChI is InChI=1S/C29H27Cl3N4O2.C16H15Cl3N2.C13H14N2O3/c1-19-28(20(2)36(33-19)38-18-21-6-4-3-5-7-21)29(37)34-14-15-35(26-13-12-24(31)16-25(26)32)27(17-34)22-8-10-23(30)11-9-22;17-12-3-1-11(2-4-12)16-10-20-7-8-21(16)15-6-5-13(18)9-14(15)19;1-9-12(13(16)17)10(2)15(14-9)18-8-11-6-4-3-5-7-11/h3-13,16,27H,14-15,17-18H2,1-2H3;1-6,9,16,20H,7-8,10H2;3-7H,8H2,1-2H3,(H,16,17)/p+1. The van der Waals surface area contributed by atoms with Gasteiger partial charge in [-0.05, 0) is 104 Å². The van der Waals surface area contributed by atoms with Gasteiger partial charge in [0.2, 0.25) is 0 Å². The molecule has 2 aliphatic rings. The predicted octanol–water partition coefficient (Wildman–Crippen LogP) is 12.8. The molecule has 400 valence electrons. The molecule has 0 saturated carbocycles. The molecule has 19 heteroatoms. The topological polar surface area (TPSA) is 132 Å². The summed E-state index contributed by atoms with van der Waals surface area (Å²) in [6.07, 6.45) is 0. The number of aromatic amines is 1. The van der Waals surface area contributed by atoms with Gasteiger partial charge in [0.05, 0.1) is 50.6 Å². The molecule has 8 aromatic rings. The molecule has 0 aliphatic carbocycles. The van der Waals surface area contributed by atoms with Gasteiger partial charge < -0.3 is 30.0 Å². The summed E-state index contributed by atoms with van der Waals surface area (Å²) in [6.45, 7) is 12.2. The van der Waals surface area contributed by atoms with Crippen molar-refractivity contribution in [2.45, 2.75) is 53.0 Å². The van der Waals surface area contributed by atoms with Crippen molar-refractivity contribution in [1.82, 2.24) is 25.3 Å². The smallest absolute Gasteiger partial charge is 0.339 e. The van der Waals surface area contributed by atoms with E-state index in [9.17, 15) is 9.59 Å². The van der Waals surface area contributed by atoms with Crippen LogP contribution in [0.1, 0.15) is 77.8 Å². The number of piperazine rings is 2. The molecule has 4 heterocycles. The van der Waals surface area contributed by atoms with E-state index in [0.29, 0.717) is 74.9 Å². The number of aromatic nitrogens is 4. The van der Waals surface area contributed by atoms with Gasteiger partial charge in [0.25, 0.3) is 11.6 Å². The van der Waals surface area contributed by atoms with Crippen LogP contribution in [0.4, 0.5) is 11.4 Å². The Morgan fingerprint density at radius 1 is 0.636 bits per heavy atom. The number of aromatic carboxylic acids is 1. The number of nitrogens with zero attached hydrogens (tertiary/aromatic N) is 6. The van der Waals surface area contributed by atoms with Gasteiger partial charge in [-0.1, -0.05) is 155 Å². The number of nitrogens with one attached hydrogen (secondary N) is 2. The van der Waals surface area contributed by atoms with Crippen LogP contribution in [-0.4, -0.2) is 76.2 Å². The number of aryl methyl sites for hydroxylation is 2. The number of carbonyl (C=O) groups is 2. The van der Waals surface area contributed by atoms with Crippen LogP contribution in [0.25, 0.3) is 0 Å². The molecular formula is C58H57Cl6N8O5+. The Morgan fingerprint density at radius 3 is 1.69 bits per heavy atom. The van der Waals surface area contributed by atoms with Crippen LogP contribution in [-0.2, 0) is 13.2 Å². The molecule has 2 atom stereocenters. The maximum absolute atomic E-state index is 13.9. The van der Waals surface area contributed by atoms with Gasteiger partial charge >= 0.3 is 5.97 Å². The van der Waals surface area contributed by atoms with Crippen molar-refractivity contribution in [2.75, 3.05) is 49.1 Å². The largest absolute Gasteiger partial charge is 0.478 e. The maximum atomic E-state index is 13.9. The summed E-state index contributed by atoms with van der Waals surface area (Å²) >= 11 is 37.3. The molecule has 0 bridgehead atoms. The Hall–Kier alpha value is -6.42. The first kappa shape index (κ1) is 56.8. The summed E-state index contributed by atoms with van der Waals surface area (Å²) < 4.78 is 0. The second-order valence-corrected chi connectivity index (χ2v) is 21.0. The lowest BCUT2D eigenvalue weighted by Gasteiger charge is -2.43. The first-order valence-corrected chi connectivity index (χ1v) is 27.0. The van der Waals surface area contributed by atoms with Gasteiger partial charge in [-0.25, -0.2) is 9.63 Å². The third-order valence-corrected chi connectivity index (χ3v) is 14.8. The van der Waals surface area contributed by atoms with Gasteiger partial charge in [-0.15, -0.1) is 15.0 Å². The average Bonchev–Trinajstić information content (AvgIpc) is 3.89. The predicted molar refractivity (Wildman–Crippen MR) is 307 cm³/mol. The van der Waals surface area contributed by atoms with Crippen LogP contribution >= 0.6 is 69.6 Å². The van der Waals surface area contributed by atoms with Gasteiger partial charge in [-0.2, -0.15) is 0 Å². The quantitative estimate of drug-likeness (QED) is 0.102. The molecule has 2 aliphatic heterocycles. The molecule has 2 aromatic heterocycles. The van der Waals surface area contributed by atoms with Gasteiger partial charge in [0.15, 0.2) is 6.61 Å². The number of carboxylic acid groups (broad SMARTS) is 1. The zero-order chi connectivity index (χ0) is 54.8. The number of H-pyrrole nitrogens is 1. The van der Waals surface area contributed by atoms with Crippen molar-refractivity contribution in [3.8, 4) is 0 Å². The van der Waals surface area contributed by atoms with Crippen molar-refractivity contribution >= 4 is 92.9 Å². The number of hydrogen-bond donors (Lipinski definition) is 3. The average molecular weight is 1160 g/mol. The van der Waals surface area contributed by atoms with E-state index >= 15 is 0 Å². The zero-order valence-corrected chi connectivity index (χ0v) is 47.2. The number of carbonyl (C=O) groups excluding carboxylic acids is 1. The zero-order valence-electron chi connectivity index (χ0n) is 42.7. The summed E-state index contributed by atoms with van der Waals surface area (Å²) in [5.41, 5.74) is 9.45. The Kier molecular flexibility index (Phi) is 19.4. The first-order chi connectivity index (χ1) is 37.1. The van der Waals surface area contributed by atoms with Crippen molar-refractivity contribution in [3.63, 3.8) is 0 Å². The molecule has 6 aromatic carbocycles. The Bertz CT molecular complexity index is 3290. The summed E-state index contributed by atoms with van der Waals surface area (Å²) in [5, 5.41) is 23.6. The van der Waals surface area contributed by atoms with Crippen molar-refractivity contribution in [3.05, 3.63) is 232 Å². The fourth-order valence-corrected chi connectivity index (χ4v) is 10.7. The minimum Gasteiger partial charge on any atom is -0.478 e.